The fourth-order valence-corrected chi connectivity index (χ4v) is 4.47. The number of ether oxygens (including phenoxy) is 1. The third-order valence-electron chi connectivity index (χ3n) is 5.44. The number of anilines is 1. The Balaban J connectivity index is 1.75. The predicted molar refractivity (Wildman–Crippen MR) is 93.8 cm³/mol. The number of nitrogens with one attached hydrogen (secondary N) is 1. The van der Waals surface area contributed by atoms with Gasteiger partial charge in [-0.3, -0.25) is 0 Å². The van der Waals surface area contributed by atoms with Crippen LogP contribution in [0.3, 0.4) is 0 Å². The third-order valence-corrected chi connectivity index (χ3v) is 5.44. The van der Waals surface area contributed by atoms with Crippen molar-refractivity contribution in [3.63, 3.8) is 0 Å². The maximum Gasteiger partial charge on any atom is 0.127 e. The molecule has 3 rings (SSSR count). The Bertz CT molecular complexity index is 511. The first-order valence-corrected chi connectivity index (χ1v) is 9.06. The first kappa shape index (κ1) is 15.7. The lowest BCUT2D eigenvalue weighted by Crippen LogP contribution is -2.34. The van der Waals surface area contributed by atoms with Crippen LogP contribution in [-0.2, 0) is 0 Å². The van der Waals surface area contributed by atoms with Crippen LogP contribution in [0.5, 0.6) is 5.75 Å². The van der Waals surface area contributed by atoms with Crippen molar-refractivity contribution < 1.29 is 4.74 Å². The summed E-state index contributed by atoms with van der Waals surface area (Å²) in [6, 6.07) is 5.08. The van der Waals surface area contributed by atoms with E-state index >= 15 is 0 Å². The molecule has 0 aromatic heterocycles. The van der Waals surface area contributed by atoms with E-state index in [0.717, 1.165) is 17.6 Å². The Labute approximate surface area is 135 Å². The van der Waals surface area contributed by atoms with Crippen LogP contribution in [0.4, 0.5) is 5.69 Å². The molecule has 1 aromatic rings. The molecule has 0 aliphatic heterocycles. The van der Waals surface area contributed by atoms with E-state index in [1.165, 1.54) is 55.3 Å². The summed E-state index contributed by atoms with van der Waals surface area (Å²) >= 11 is 0. The molecule has 0 spiro atoms. The molecule has 2 aliphatic rings. The predicted octanol–water partition coefficient (Wildman–Crippen LogP) is 5.47. The molecule has 2 saturated carbocycles. The molecule has 2 atom stereocenters. The van der Waals surface area contributed by atoms with Crippen molar-refractivity contribution in [3.05, 3.63) is 23.3 Å². The molecule has 2 bridgehead atoms. The number of hydrogen-bond acceptors (Lipinski definition) is 2. The van der Waals surface area contributed by atoms with Crippen molar-refractivity contribution in [1.82, 2.24) is 0 Å². The van der Waals surface area contributed by atoms with Crippen LogP contribution in [-0.4, -0.2) is 12.1 Å². The fourth-order valence-electron chi connectivity index (χ4n) is 4.47. The Morgan fingerprint density at radius 3 is 2.36 bits per heavy atom. The van der Waals surface area contributed by atoms with E-state index in [9.17, 15) is 0 Å². The lowest BCUT2D eigenvalue weighted by Gasteiger charge is -2.40. The second-order valence-electron chi connectivity index (χ2n) is 7.76. The summed E-state index contributed by atoms with van der Waals surface area (Å²) in [5.41, 5.74) is 3.77. The summed E-state index contributed by atoms with van der Waals surface area (Å²) < 4.78 is 6.04. The van der Waals surface area contributed by atoms with Crippen molar-refractivity contribution >= 4 is 5.69 Å². The van der Waals surface area contributed by atoms with Crippen molar-refractivity contribution in [3.8, 4) is 5.75 Å². The molecule has 0 heterocycles. The van der Waals surface area contributed by atoms with Crippen LogP contribution in [0.1, 0.15) is 63.5 Å². The largest absolute Gasteiger partial charge is 0.490 e. The molecule has 2 heteroatoms. The molecular weight excluding hydrogens is 270 g/mol. The van der Waals surface area contributed by atoms with E-state index in [2.05, 4.69) is 45.1 Å². The van der Waals surface area contributed by atoms with Gasteiger partial charge in [0.1, 0.15) is 5.75 Å². The summed E-state index contributed by atoms with van der Waals surface area (Å²) in [5, 5.41) is 3.84. The van der Waals surface area contributed by atoms with E-state index in [1.54, 1.807) is 0 Å². The number of hydrogen-bond donors (Lipinski definition) is 1. The topological polar surface area (TPSA) is 21.3 Å². The van der Waals surface area contributed by atoms with Gasteiger partial charge in [0, 0.05) is 17.3 Å². The van der Waals surface area contributed by atoms with Gasteiger partial charge in [-0.15, -0.1) is 0 Å². The molecule has 2 fully saturated rings. The molecular formula is C20H31NO. The first-order chi connectivity index (χ1) is 10.5. The van der Waals surface area contributed by atoms with E-state index < -0.39 is 0 Å². The Morgan fingerprint density at radius 1 is 1.05 bits per heavy atom. The van der Waals surface area contributed by atoms with Gasteiger partial charge in [-0.1, -0.05) is 25.3 Å². The minimum Gasteiger partial charge on any atom is -0.490 e. The summed E-state index contributed by atoms with van der Waals surface area (Å²) in [6.45, 7) is 8.53. The highest BCUT2D eigenvalue weighted by molar-refractivity contribution is 5.60. The van der Waals surface area contributed by atoms with Crippen LogP contribution in [0.25, 0.3) is 0 Å². The molecule has 2 nitrogen and oxygen atoms in total. The quantitative estimate of drug-likeness (QED) is 0.796. The van der Waals surface area contributed by atoms with E-state index in [4.69, 9.17) is 4.74 Å². The van der Waals surface area contributed by atoms with Crippen molar-refractivity contribution in [1.29, 1.82) is 0 Å². The van der Waals surface area contributed by atoms with Crippen LogP contribution in [0.15, 0.2) is 12.1 Å². The second-order valence-corrected chi connectivity index (χ2v) is 7.76. The standard InChI is InChI=1S/C20H31NO/c1-13(2)22-20-14(3)8-9-19(15(20)4)21-18-11-16-6-5-7-17(10-16)12-18/h8-9,13,16-18,21H,5-7,10-12H2,1-4H3. The van der Waals surface area contributed by atoms with Crippen molar-refractivity contribution in [2.75, 3.05) is 5.32 Å². The first-order valence-electron chi connectivity index (χ1n) is 9.06. The fraction of sp³-hybridized carbons (Fsp3) is 0.700. The molecule has 2 unspecified atom stereocenters. The van der Waals surface area contributed by atoms with Crippen LogP contribution in [0.2, 0.25) is 0 Å². The van der Waals surface area contributed by atoms with Gasteiger partial charge in [-0.2, -0.15) is 0 Å². The maximum atomic E-state index is 6.04. The van der Waals surface area contributed by atoms with Gasteiger partial charge in [0.2, 0.25) is 0 Å². The van der Waals surface area contributed by atoms with Gasteiger partial charge in [0.15, 0.2) is 0 Å². The molecule has 1 N–H and O–H groups in total. The van der Waals surface area contributed by atoms with Crippen LogP contribution < -0.4 is 10.1 Å². The average molecular weight is 301 g/mol. The summed E-state index contributed by atoms with van der Waals surface area (Å²) in [7, 11) is 0. The zero-order chi connectivity index (χ0) is 15.7. The van der Waals surface area contributed by atoms with E-state index in [-0.39, 0.29) is 6.10 Å². The zero-order valence-corrected chi connectivity index (χ0v) is 14.6. The average Bonchev–Trinajstić information content (AvgIpc) is 2.46. The molecule has 1 aromatic carbocycles. The molecule has 22 heavy (non-hydrogen) atoms. The normalized spacial score (nSPS) is 27.8. The Morgan fingerprint density at radius 2 is 1.73 bits per heavy atom. The summed E-state index contributed by atoms with van der Waals surface area (Å²) in [6.07, 6.45) is 8.76. The summed E-state index contributed by atoms with van der Waals surface area (Å²) in [5.74, 6) is 2.99. The van der Waals surface area contributed by atoms with E-state index in [1.807, 2.05) is 0 Å². The van der Waals surface area contributed by atoms with Crippen molar-refractivity contribution in [2.24, 2.45) is 11.8 Å². The highest BCUT2D eigenvalue weighted by Gasteiger charge is 2.31. The number of benzene rings is 1. The third kappa shape index (κ3) is 3.42. The Hall–Kier alpha value is -1.18. The number of rotatable bonds is 4. The van der Waals surface area contributed by atoms with Gasteiger partial charge in [0.25, 0.3) is 0 Å². The zero-order valence-electron chi connectivity index (χ0n) is 14.6. The molecule has 0 saturated heterocycles. The maximum absolute atomic E-state index is 6.04. The van der Waals surface area contributed by atoms with Gasteiger partial charge < -0.3 is 10.1 Å². The highest BCUT2D eigenvalue weighted by atomic mass is 16.5. The summed E-state index contributed by atoms with van der Waals surface area (Å²) in [4.78, 5) is 0. The van der Waals surface area contributed by atoms with Crippen LogP contribution in [0, 0.1) is 25.7 Å². The lowest BCUT2D eigenvalue weighted by atomic mass is 9.70. The number of fused-ring (bicyclic) bond motifs is 2. The number of aryl methyl sites for hydroxylation is 1. The SMILES string of the molecule is Cc1ccc(NC2CC3CCCC(C3)C2)c(C)c1OC(C)C. The molecule has 122 valence electrons. The second kappa shape index (κ2) is 6.52. The van der Waals surface area contributed by atoms with E-state index in [0.29, 0.717) is 6.04 Å². The lowest BCUT2D eigenvalue weighted by molar-refractivity contribution is 0.178. The Kier molecular flexibility index (Phi) is 4.65. The van der Waals surface area contributed by atoms with Gasteiger partial charge in [-0.05, 0) is 70.4 Å². The minimum absolute atomic E-state index is 0.224. The smallest absolute Gasteiger partial charge is 0.127 e. The monoisotopic (exact) mass is 301 g/mol. The van der Waals surface area contributed by atoms with Gasteiger partial charge in [-0.25, -0.2) is 0 Å². The van der Waals surface area contributed by atoms with Gasteiger partial charge in [0.05, 0.1) is 6.10 Å². The van der Waals surface area contributed by atoms with Crippen LogP contribution >= 0.6 is 0 Å². The minimum atomic E-state index is 0.224. The highest BCUT2D eigenvalue weighted by Crippen LogP contribution is 2.41. The molecule has 0 amide bonds. The van der Waals surface area contributed by atoms with Crippen molar-refractivity contribution in [2.45, 2.75) is 78.4 Å². The van der Waals surface area contributed by atoms with Gasteiger partial charge >= 0.3 is 0 Å². The molecule has 0 radical (unpaired) electrons. The molecule has 2 aliphatic carbocycles.